The second-order valence-corrected chi connectivity index (χ2v) is 6.67. The molecule has 2 aliphatic heterocycles. The van der Waals surface area contributed by atoms with Crippen molar-refractivity contribution in [2.45, 2.75) is 39.1 Å². The van der Waals surface area contributed by atoms with Crippen LogP contribution in [0.4, 0.5) is 0 Å². The minimum absolute atomic E-state index is 0.181. The molecule has 0 aliphatic carbocycles. The highest BCUT2D eigenvalue weighted by atomic mass is 16.5. The lowest BCUT2D eigenvalue weighted by atomic mass is 10.0. The van der Waals surface area contributed by atoms with Gasteiger partial charge in [-0.2, -0.15) is 0 Å². The van der Waals surface area contributed by atoms with Crippen molar-refractivity contribution in [2.24, 2.45) is 5.92 Å². The van der Waals surface area contributed by atoms with Crippen molar-refractivity contribution < 1.29 is 14.0 Å². The molecule has 0 amide bonds. The Morgan fingerprint density at radius 2 is 2.21 bits per heavy atom. The SMILES string of the molecule is Cc1noc(C)c1CN1C[C@@H](OCc2ccccn2)[C@@H]2COC[C@@H]21. The maximum Gasteiger partial charge on any atom is 0.138 e. The first-order valence-electron chi connectivity index (χ1n) is 8.47. The Bertz CT molecular complexity index is 669. The Kier molecular flexibility index (Phi) is 4.35. The zero-order valence-electron chi connectivity index (χ0n) is 14.1. The van der Waals surface area contributed by atoms with Gasteiger partial charge in [0.1, 0.15) is 5.76 Å². The predicted octanol–water partition coefficient (Wildman–Crippen LogP) is 2.10. The molecule has 4 rings (SSSR count). The number of likely N-dealkylation sites (tertiary alicyclic amines) is 1. The summed E-state index contributed by atoms with van der Waals surface area (Å²) in [5.41, 5.74) is 3.13. The molecule has 2 saturated heterocycles. The van der Waals surface area contributed by atoms with Gasteiger partial charge in [-0.1, -0.05) is 11.2 Å². The summed E-state index contributed by atoms with van der Waals surface area (Å²) in [6, 6.07) is 6.32. The van der Waals surface area contributed by atoms with Crippen LogP contribution in [0.5, 0.6) is 0 Å². The van der Waals surface area contributed by atoms with Gasteiger partial charge in [0.05, 0.1) is 37.3 Å². The molecule has 2 aliphatic rings. The standard InChI is InChI=1S/C18H23N3O3/c1-12-15(13(2)24-20-12)7-21-8-18(16-10-22-11-17(16)21)23-9-14-5-3-4-6-19-14/h3-6,16-18H,7-11H2,1-2H3/t16-,17+,18-/m1/s1. The van der Waals surface area contributed by atoms with E-state index in [1.165, 1.54) is 5.56 Å². The third-order valence-corrected chi connectivity index (χ3v) is 5.17. The third kappa shape index (κ3) is 2.97. The quantitative estimate of drug-likeness (QED) is 0.837. The number of rotatable bonds is 5. The molecule has 0 bridgehead atoms. The lowest BCUT2D eigenvalue weighted by Crippen LogP contribution is -2.32. The maximum atomic E-state index is 6.19. The van der Waals surface area contributed by atoms with Crippen molar-refractivity contribution in [3.05, 3.63) is 47.1 Å². The van der Waals surface area contributed by atoms with Gasteiger partial charge in [0.15, 0.2) is 0 Å². The van der Waals surface area contributed by atoms with E-state index < -0.39 is 0 Å². The van der Waals surface area contributed by atoms with E-state index in [-0.39, 0.29) is 6.10 Å². The molecule has 128 valence electrons. The molecule has 2 aromatic heterocycles. The number of aromatic nitrogens is 2. The van der Waals surface area contributed by atoms with E-state index in [4.69, 9.17) is 14.0 Å². The molecule has 0 saturated carbocycles. The van der Waals surface area contributed by atoms with Crippen molar-refractivity contribution in [3.8, 4) is 0 Å². The van der Waals surface area contributed by atoms with Crippen LogP contribution in [0.15, 0.2) is 28.9 Å². The van der Waals surface area contributed by atoms with Crippen LogP contribution in [-0.4, -0.2) is 46.9 Å². The summed E-state index contributed by atoms with van der Waals surface area (Å²) in [5.74, 6) is 1.33. The van der Waals surface area contributed by atoms with Crippen LogP contribution in [0.25, 0.3) is 0 Å². The molecule has 0 radical (unpaired) electrons. The summed E-state index contributed by atoms with van der Waals surface area (Å²) in [6.07, 6.45) is 1.98. The highest BCUT2D eigenvalue weighted by Crippen LogP contribution is 2.34. The van der Waals surface area contributed by atoms with Gasteiger partial charge in [-0.15, -0.1) is 0 Å². The van der Waals surface area contributed by atoms with Crippen LogP contribution in [0, 0.1) is 19.8 Å². The predicted molar refractivity (Wildman–Crippen MR) is 87.3 cm³/mol. The van der Waals surface area contributed by atoms with Crippen molar-refractivity contribution in [1.82, 2.24) is 15.0 Å². The fourth-order valence-corrected chi connectivity index (χ4v) is 3.76. The van der Waals surface area contributed by atoms with Gasteiger partial charge in [-0.25, -0.2) is 0 Å². The number of ether oxygens (including phenoxy) is 2. The Balaban J connectivity index is 1.44. The van der Waals surface area contributed by atoms with Crippen molar-refractivity contribution >= 4 is 0 Å². The Labute approximate surface area is 141 Å². The average Bonchev–Trinajstić information content (AvgIpc) is 3.27. The van der Waals surface area contributed by atoms with E-state index in [0.29, 0.717) is 18.6 Å². The highest BCUT2D eigenvalue weighted by Gasteiger charge is 2.46. The molecule has 24 heavy (non-hydrogen) atoms. The molecule has 2 fully saturated rings. The van der Waals surface area contributed by atoms with E-state index in [1.54, 1.807) is 6.20 Å². The van der Waals surface area contributed by atoms with Crippen LogP contribution in [0.3, 0.4) is 0 Å². The van der Waals surface area contributed by atoms with Crippen LogP contribution < -0.4 is 0 Å². The molecule has 0 spiro atoms. The highest BCUT2D eigenvalue weighted by molar-refractivity contribution is 5.21. The minimum atomic E-state index is 0.181. The minimum Gasteiger partial charge on any atom is -0.379 e. The van der Waals surface area contributed by atoms with E-state index in [0.717, 1.165) is 43.5 Å². The number of fused-ring (bicyclic) bond motifs is 1. The van der Waals surface area contributed by atoms with E-state index in [9.17, 15) is 0 Å². The largest absolute Gasteiger partial charge is 0.379 e. The summed E-state index contributed by atoms with van der Waals surface area (Å²) in [6.45, 7) is 7.83. The molecule has 3 atom stereocenters. The summed E-state index contributed by atoms with van der Waals surface area (Å²) in [5, 5.41) is 4.07. The van der Waals surface area contributed by atoms with Crippen LogP contribution in [0.2, 0.25) is 0 Å². The molecular weight excluding hydrogens is 306 g/mol. The average molecular weight is 329 g/mol. The van der Waals surface area contributed by atoms with Crippen molar-refractivity contribution in [2.75, 3.05) is 19.8 Å². The molecule has 4 heterocycles. The van der Waals surface area contributed by atoms with Crippen LogP contribution in [-0.2, 0) is 22.6 Å². The van der Waals surface area contributed by atoms with Gasteiger partial charge in [0.25, 0.3) is 0 Å². The summed E-state index contributed by atoms with van der Waals surface area (Å²) in [7, 11) is 0. The zero-order valence-corrected chi connectivity index (χ0v) is 14.1. The van der Waals surface area contributed by atoms with E-state index in [2.05, 4.69) is 15.0 Å². The van der Waals surface area contributed by atoms with Gasteiger partial charge in [0, 0.05) is 36.8 Å². The molecule has 0 N–H and O–H groups in total. The monoisotopic (exact) mass is 329 g/mol. The first-order valence-corrected chi connectivity index (χ1v) is 8.47. The van der Waals surface area contributed by atoms with Gasteiger partial charge >= 0.3 is 0 Å². The normalized spacial score (nSPS) is 26.8. The smallest absolute Gasteiger partial charge is 0.138 e. The van der Waals surface area contributed by atoms with Gasteiger partial charge < -0.3 is 14.0 Å². The number of hydrogen-bond donors (Lipinski definition) is 0. The second kappa shape index (κ2) is 6.63. The number of pyridine rings is 1. The first kappa shape index (κ1) is 15.7. The molecule has 2 aromatic rings. The van der Waals surface area contributed by atoms with E-state index >= 15 is 0 Å². The number of nitrogens with zero attached hydrogens (tertiary/aromatic N) is 3. The van der Waals surface area contributed by atoms with Crippen molar-refractivity contribution in [1.29, 1.82) is 0 Å². The maximum absolute atomic E-state index is 6.19. The molecule has 0 aromatic carbocycles. The summed E-state index contributed by atoms with van der Waals surface area (Å²) >= 11 is 0. The lowest BCUT2D eigenvalue weighted by molar-refractivity contribution is 0.00736. The second-order valence-electron chi connectivity index (χ2n) is 6.67. The van der Waals surface area contributed by atoms with Gasteiger partial charge in [0.2, 0.25) is 0 Å². The summed E-state index contributed by atoms with van der Waals surface area (Å²) < 4.78 is 17.2. The third-order valence-electron chi connectivity index (χ3n) is 5.17. The van der Waals surface area contributed by atoms with Gasteiger partial charge in [-0.3, -0.25) is 9.88 Å². The van der Waals surface area contributed by atoms with Crippen molar-refractivity contribution in [3.63, 3.8) is 0 Å². The fraction of sp³-hybridized carbons (Fsp3) is 0.556. The Hall–Kier alpha value is -1.76. The van der Waals surface area contributed by atoms with Crippen LogP contribution >= 0.6 is 0 Å². The van der Waals surface area contributed by atoms with Gasteiger partial charge in [-0.05, 0) is 26.0 Å². The lowest BCUT2D eigenvalue weighted by Gasteiger charge is -2.21. The van der Waals surface area contributed by atoms with E-state index in [1.807, 2.05) is 32.0 Å². The Morgan fingerprint density at radius 1 is 1.29 bits per heavy atom. The molecule has 6 nitrogen and oxygen atoms in total. The number of aryl methyl sites for hydroxylation is 2. The number of hydrogen-bond acceptors (Lipinski definition) is 6. The topological polar surface area (TPSA) is 60.6 Å². The van der Waals surface area contributed by atoms with Crippen LogP contribution in [0.1, 0.15) is 22.7 Å². The molecular formula is C18H23N3O3. The molecule has 0 unspecified atom stereocenters. The summed E-state index contributed by atoms with van der Waals surface area (Å²) in [4.78, 5) is 6.79. The zero-order chi connectivity index (χ0) is 16.5. The fourth-order valence-electron chi connectivity index (χ4n) is 3.76. The molecule has 6 heteroatoms. The Morgan fingerprint density at radius 3 is 2.96 bits per heavy atom. The first-order chi connectivity index (χ1) is 11.7.